The van der Waals surface area contributed by atoms with E-state index in [2.05, 4.69) is 105 Å². The highest BCUT2D eigenvalue weighted by Crippen LogP contribution is 2.59. The third-order valence-electron chi connectivity index (χ3n) is 10.3. The quantitative estimate of drug-likeness (QED) is 0.267. The van der Waals surface area contributed by atoms with Gasteiger partial charge in [-0.05, 0) is 88.7 Å². The van der Waals surface area contributed by atoms with Crippen molar-refractivity contribution in [3.8, 4) is 22.3 Å². The van der Waals surface area contributed by atoms with Crippen molar-refractivity contribution >= 4 is 0 Å². The molecule has 0 saturated carbocycles. The molecule has 0 saturated heterocycles. The van der Waals surface area contributed by atoms with Gasteiger partial charge in [0.25, 0.3) is 0 Å². The summed E-state index contributed by atoms with van der Waals surface area (Å²) < 4.78 is 0. The van der Waals surface area contributed by atoms with Crippen LogP contribution in [0.5, 0.6) is 0 Å². The summed E-state index contributed by atoms with van der Waals surface area (Å²) in [7, 11) is 2.16. The summed E-state index contributed by atoms with van der Waals surface area (Å²) in [5.74, 6) is 0. The average molecular weight is 587 g/mol. The lowest BCUT2D eigenvalue weighted by molar-refractivity contribution is 0.181. The zero-order valence-electron chi connectivity index (χ0n) is 25.2. The number of H-pyrrole nitrogens is 1. The summed E-state index contributed by atoms with van der Waals surface area (Å²) in [6, 6.07) is 19.6. The SMILES string of the molecule is CC1=C(C)N(C2(c3cccc(C4(c5ccn[nH]5)c5cnccc5-c5ccncc54)c3)c3cnccc3-c3ccncc32)CN1C. The third kappa shape index (κ3) is 3.13. The van der Waals surface area contributed by atoms with Crippen molar-refractivity contribution < 1.29 is 0 Å². The van der Waals surface area contributed by atoms with Crippen LogP contribution >= 0.6 is 0 Å². The summed E-state index contributed by atoms with van der Waals surface area (Å²) in [4.78, 5) is 23.5. The lowest BCUT2D eigenvalue weighted by atomic mass is 9.69. The van der Waals surface area contributed by atoms with Gasteiger partial charge < -0.3 is 9.80 Å². The van der Waals surface area contributed by atoms with Crippen LogP contribution in [0.25, 0.3) is 22.3 Å². The van der Waals surface area contributed by atoms with Crippen molar-refractivity contribution in [3.63, 3.8) is 0 Å². The van der Waals surface area contributed by atoms with Crippen molar-refractivity contribution in [2.45, 2.75) is 24.8 Å². The van der Waals surface area contributed by atoms with E-state index in [9.17, 15) is 0 Å². The van der Waals surface area contributed by atoms with Gasteiger partial charge in [0, 0.05) is 85.3 Å². The van der Waals surface area contributed by atoms with E-state index >= 15 is 0 Å². The molecule has 0 unspecified atom stereocenters. The Morgan fingerprint density at radius 3 is 1.67 bits per heavy atom. The Morgan fingerprint density at radius 1 is 0.622 bits per heavy atom. The highest BCUT2D eigenvalue weighted by atomic mass is 15.4. The van der Waals surface area contributed by atoms with Crippen molar-refractivity contribution in [2.24, 2.45) is 0 Å². The highest BCUT2D eigenvalue weighted by molar-refractivity contribution is 5.86. The van der Waals surface area contributed by atoms with E-state index in [-0.39, 0.29) is 0 Å². The molecular weight excluding hydrogens is 556 g/mol. The Kier molecular flexibility index (Phi) is 5.27. The molecule has 0 fully saturated rings. The van der Waals surface area contributed by atoms with Gasteiger partial charge in [-0.1, -0.05) is 24.3 Å². The minimum Gasteiger partial charge on any atom is -0.359 e. The van der Waals surface area contributed by atoms with Gasteiger partial charge >= 0.3 is 0 Å². The Bertz CT molecular complexity index is 2070. The Hall–Kier alpha value is -5.63. The van der Waals surface area contributed by atoms with Crippen molar-refractivity contribution in [2.75, 3.05) is 13.7 Å². The van der Waals surface area contributed by atoms with E-state index in [0.717, 1.165) is 56.9 Å². The molecule has 6 heterocycles. The maximum atomic E-state index is 4.70. The smallest absolute Gasteiger partial charge is 0.122 e. The number of aromatic nitrogens is 6. The van der Waals surface area contributed by atoms with E-state index in [0.29, 0.717) is 0 Å². The van der Waals surface area contributed by atoms with Gasteiger partial charge in [-0.25, -0.2) is 0 Å². The molecule has 3 aliphatic rings. The van der Waals surface area contributed by atoms with Crippen LogP contribution in [0.15, 0.2) is 122 Å². The molecule has 218 valence electrons. The predicted octanol–water partition coefficient (Wildman–Crippen LogP) is 6.08. The fourth-order valence-corrected chi connectivity index (χ4v) is 8.19. The number of benzene rings is 1. The predicted molar refractivity (Wildman–Crippen MR) is 172 cm³/mol. The maximum absolute atomic E-state index is 4.70. The number of rotatable bonds is 4. The largest absolute Gasteiger partial charge is 0.359 e. The number of fused-ring (bicyclic) bond motifs is 6. The van der Waals surface area contributed by atoms with Gasteiger partial charge in [0.15, 0.2) is 0 Å². The second-order valence-corrected chi connectivity index (χ2v) is 12.1. The van der Waals surface area contributed by atoms with E-state index in [1.54, 1.807) is 0 Å². The molecular formula is C37H30N8. The van der Waals surface area contributed by atoms with E-state index in [1.165, 1.54) is 22.5 Å². The molecule has 2 aliphatic carbocycles. The molecule has 45 heavy (non-hydrogen) atoms. The number of aromatic amines is 1. The highest BCUT2D eigenvalue weighted by Gasteiger charge is 2.53. The molecule has 5 aromatic heterocycles. The summed E-state index contributed by atoms with van der Waals surface area (Å²) in [5, 5.41) is 7.80. The summed E-state index contributed by atoms with van der Waals surface area (Å²) >= 11 is 0. The summed E-state index contributed by atoms with van der Waals surface area (Å²) in [6.45, 7) is 5.15. The van der Waals surface area contributed by atoms with Gasteiger partial charge in [-0.15, -0.1) is 0 Å². The number of hydrogen-bond acceptors (Lipinski definition) is 7. The van der Waals surface area contributed by atoms with Gasteiger partial charge in [0.2, 0.25) is 0 Å². The number of hydrogen-bond donors (Lipinski definition) is 1. The summed E-state index contributed by atoms with van der Waals surface area (Å²) in [5.41, 5.74) is 13.5. The van der Waals surface area contributed by atoms with Crippen molar-refractivity contribution in [1.29, 1.82) is 0 Å². The van der Waals surface area contributed by atoms with Gasteiger partial charge in [-0.3, -0.25) is 25.0 Å². The van der Waals surface area contributed by atoms with Crippen LogP contribution in [-0.4, -0.2) is 53.6 Å². The molecule has 1 aromatic carbocycles. The molecule has 0 atom stereocenters. The molecule has 0 spiro atoms. The number of nitrogens with zero attached hydrogens (tertiary/aromatic N) is 7. The summed E-state index contributed by atoms with van der Waals surface area (Å²) in [6.07, 6.45) is 17.4. The van der Waals surface area contributed by atoms with Crippen LogP contribution < -0.4 is 0 Å². The lowest BCUT2D eigenvalue weighted by Gasteiger charge is -2.44. The first-order chi connectivity index (χ1) is 22.1. The topological polar surface area (TPSA) is 86.7 Å². The standard InChI is InChI=1S/C37H30N8/c1-23-24(2)45(22-44(23)3)37(33-20-40-14-9-29(33)30-10-15-41-21-34(30)37)26-6-4-5-25(17-26)36(35-11-16-42-43-35)31-18-38-12-7-27(31)28-8-13-39-19-32(28)36/h4-21H,22H2,1-3H3,(H,42,43). The molecule has 6 aromatic rings. The molecule has 1 N–H and O–H groups in total. The Balaban J connectivity index is 1.39. The van der Waals surface area contributed by atoms with Crippen LogP contribution in [0.4, 0.5) is 0 Å². The molecule has 0 amide bonds. The second-order valence-electron chi connectivity index (χ2n) is 12.1. The molecule has 0 bridgehead atoms. The average Bonchev–Trinajstić information content (AvgIpc) is 3.85. The molecule has 9 rings (SSSR count). The monoisotopic (exact) mass is 586 g/mol. The molecule has 1 aliphatic heterocycles. The lowest BCUT2D eigenvalue weighted by Crippen LogP contribution is -2.46. The van der Waals surface area contributed by atoms with Crippen molar-refractivity contribution in [3.05, 3.63) is 161 Å². The molecule has 0 radical (unpaired) electrons. The maximum Gasteiger partial charge on any atom is 0.122 e. The van der Waals surface area contributed by atoms with E-state index < -0.39 is 11.0 Å². The first kappa shape index (κ1) is 25.8. The first-order valence-corrected chi connectivity index (χ1v) is 15.1. The van der Waals surface area contributed by atoms with Gasteiger partial charge in [-0.2, -0.15) is 5.10 Å². The van der Waals surface area contributed by atoms with E-state index in [1.807, 2.05) is 55.8 Å². The second kappa shape index (κ2) is 9.19. The fraction of sp³-hybridized carbons (Fsp3) is 0.162. The Labute approximate surface area is 261 Å². The number of allylic oxidation sites excluding steroid dienone is 2. The number of nitrogens with one attached hydrogen (secondary N) is 1. The van der Waals surface area contributed by atoms with Crippen LogP contribution in [0.1, 0.15) is 52.9 Å². The van der Waals surface area contributed by atoms with Gasteiger partial charge in [0.05, 0.1) is 17.8 Å². The normalized spacial score (nSPS) is 16.9. The molecule has 8 heteroatoms. The van der Waals surface area contributed by atoms with Crippen LogP contribution in [0.3, 0.4) is 0 Å². The third-order valence-corrected chi connectivity index (χ3v) is 10.3. The number of pyridine rings is 4. The molecule has 8 nitrogen and oxygen atoms in total. The zero-order valence-corrected chi connectivity index (χ0v) is 25.2. The minimum atomic E-state index is -0.697. The van der Waals surface area contributed by atoms with Crippen LogP contribution in [0.2, 0.25) is 0 Å². The minimum absolute atomic E-state index is 0.664. The van der Waals surface area contributed by atoms with E-state index in [4.69, 9.17) is 9.97 Å². The zero-order chi connectivity index (χ0) is 30.3. The van der Waals surface area contributed by atoms with Gasteiger partial charge in [0.1, 0.15) is 5.54 Å². The fourth-order valence-electron chi connectivity index (χ4n) is 8.19. The van der Waals surface area contributed by atoms with Crippen molar-refractivity contribution in [1.82, 2.24) is 39.9 Å². The van der Waals surface area contributed by atoms with Crippen LogP contribution in [-0.2, 0) is 11.0 Å². The van der Waals surface area contributed by atoms with Crippen LogP contribution in [0, 0.1) is 0 Å². The Morgan fingerprint density at radius 2 is 1.16 bits per heavy atom. The first-order valence-electron chi connectivity index (χ1n) is 15.1.